The van der Waals surface area contributed by atoms with Crippen LogP contribution < -0.4 is 4.74 Å². The third-order valence-corrected chi connectivity index (χ3v) is 10.1. The molecular formula is C31H33F3N2O3. The number of likely N-dealkylation sites (N-methyl/N-ethyl adjacent to an activating group) is 1. The Bertz CT molecular complexity index is 1350. The van der Waals surface area contributed by atoms with Gasteiger partial charge in [0.1, 0.15) is 11.9 Å². The third-order valence-electron chi connectivity index (χ3n) is 10.1. The van der Waals surface area contributed by atoms with Gasteiger partial charge in [0, 0.05) is 31.3 Å². The van der Waals surface area contributed by atoms with Gasteiger partial charge in [-0.15, -0.1) is 0 Å². The zero-order chi connectivity index (χ0) is 27.2. The van der Waals surface area contributed by atoms with E-state index in [9.17, 15) is 23.1 Å². The number of hydrogen-bond donors (Lipinski definition) is 1. The van der Waals surface area contributed by atoms with Crippen LogP contribution in [0.5, 0.6) is 5.75 Å². The molecule has 1 N–H and O–H groups in total. The summed E-state index contributed by atoms with van der Waals surface area (Å²) in [6, 6.07) is 10.9. The number of nitrogens with zero attached hydrogens (tertiary/aromatic N) is 2. The number of halogens is 3. The summed E-state index contributed by atoms with van der Waals surface area (Å²) in [5.41, 5.74) is 0.427. The smallest absolute Gasteiger partial charge is 0.416 e. The minimum absolute atomic E-state index is 0.0292. The molecule has 2 aromatic carbocycles. The largest absolute Gasteiger partial charge is 0.487 e. The number of piperidine rings is 1. The molecule has 2 aliphatic heterocycles. The van der Waals surface area contributed by atoms with Crippen LogP contribution in [0.2, 0.25) is 0 Å². The van der Waals surface area contributed by atoms with Crippen LogP contribution in [0.15, 0.2) is 48.5 Å². The fraction of sp³-hybridized carbons (Fsp3) is 0.516. The van der Waals surface area contributed by atoms with Gasteiger partial charge in [0.05, 0.1) is 22.6 Å². The lowest BCUT2D eigenvalue weighted by atomic mass is 9.48. The Morgan fingerprint density at radius 2 is 1.97 bits per heavy atom. The standard InChI is InChI=1S/C31H33F3N2O3/c1-35(26(37)11-10-19-4-2-6-22(16-19)31(32,33)34)23-12-13-30(38)25-17-21-5-3-7-24-27(21)29(30,28(23)39-24)14-15-36(25)18-20-8-9-20/h2-7,10-11,16,20,23,25,28,38H,8-9,12-15,17-18H2,1H3/b11-10+/t23?,25-,28?,29+,30-/m1/s1. The van der Waals surface area contributed by atoms with Gasteiger partial charge in [0.15, 0.2) is 0 Å². The first kappa shape index (κ1) is 25.1. The molecule has 2 saturated carbocycles. The van der Waals surface area contributed by atoms with E-state index in [-0.39, 0.29) is 24.1 Å². The number of likely N-dealkylation sites (tertiary alicyclic amines) is 1. The molecule has 39 heavy (non-hydrogen) atoms. The fourth-order valence-electron chi connectivity index (χ4n) is 8.09. The Balaban J connectivity index is 1.19. The van der Waals surface area contributed by atoms with Gasteiger partial charge in [-0.05, 0) is 86.4 Å². The molecule has 3 fully saturated rings. The SMILES string of the molecule is CN(C(=O)/C=C/c1cccc(C(F)(F)F)c1)C1CC[C@@]2(O)[C@H]3Cc4cccc5c4[C@@]2(CCN3CC2CC2)C1O5. The second-order valence-corrected chi connectivity index (χ2v) is 12.1. The number of hydrogen-bond acceptors (Lipinski definition) is 4. The Hall–Kier alpha value is -2.84. The normalized spacial score (nSPS) is 33.1. The molecule has 2 heterocycles. The van der Waals surface area contributed by atoms with Crippen molar-refractivity contribution in [2.24, 2.45) is 5.92 Å². The van der Waals surface area contributed by atoms with Gasteiger partial charge in [-0.3, -0.25) is 9.69 Å². The van der Waals surface area contributed by atoms with Crippen LogP contribution in [0.25, 0.3) is 6.08 Å². The van der Waals surface area contributed by atoms with Crippen molar-refractivity contribution >= 4 is 12.0 Å². The number of alkyl halides is 3. The van der Waals surface area contributed by atoms with Gasteiger partial charge in [0.2, 0.25) is 5.91 Å². The molecule has 2 aromatic rings. The van der Waals surface area contributed by atoms with E-state index in [2.05, 4.69) is 11.0 Å². The number of rotatable bonds is 5. The fourth-order valence-corrected chi connectivity index (χ4v) is 8.09. The first-order chi connectivity index (χ1) is 18.6. The summed E-state index contributed by atoms with van der Waals surface area (Å²) < 4.78 is 46.0. The number of aliphatic hydroxyl groups is 1. The molecule has 5 atom stereocenters. The number of benzene rings is 2. The predicted molar refractivity (Wildman–Crippen MR) is 140 cm³/mol. The van der Waals surface area contributed by atoms with Crippen molar-refractivity contribution in [2.75, 3.05) is 20.1 Å². The van der Waals surface area contributed by atoms with Crippen molar-refractivity contribution in [3.8, 4) is 5.75 Å². The van der Waals surface area contributed by atoms with Crippen LogP contribution in [-0.4, -0.2) is 64.7 Å². The Morgan fingerprint density at radius 1 is 1.18 bits per heavy atom. The maximum atomic E-state index is 13.3. The second-order valence-electron chi connectivity index (χ2n) is 12.1. The van der Waals surface area contributed by atoms with E-state index in [4.69, 9.17) is 4.74 Å². The third kappa shape index (κ3) is 3.70. The molecule has 0 aromatic heterocycles. The number of carbonyl (C=O) groups excluding carboxylic acids is 1. The van der Waals surface area contributed by atoms with Crippen molar-refractivity contribution in [3.05, 3.63) is 70.8 Å². The highest BCUT2D eigenvalue weighted by atomic mass is 19.4. The number of ether oxygens (including phenoxy) is 1. The number of amides is 1. The maximum Gasteiger partial charge on any atom is 0.416 e. The predicted octanol–water partition coefficient (Wildman–Crippen LogP) is 4.81. The van der Waals surface area contributed by atoms with Crippen molar-refractivity contribution in [2.45, 2.75) is 73.9 Å². The van der Waals surface area contributed by atoms with E-state index in [0.29, 0.717) is 18.4 Å². The van der Waals surface area contributed by atoms with Gasteiger partial charge < -0.3 is 14.7 Å². The molecule has 2 unspecified atom stereocenters. The minimum atomic E-state index is -4.44. The van der Waals surface area contributed by atoms with Crippen molar-refractivity contribution in [3.63, 3.8) is 0 Å². The molecule has 5 nitrogen and oxygen atoms in total. The second kappa shape index (κ2) is 8.58. The zero-order valence-corrected chi connectivity index (χ0v) is 22.0. The lowest BCUT2D eigenvalue weighted by molar-refractivity contribution is -0.200. The van der Waals surface area contributed by atoms with E-state index in [1.807, 2.05) is 12.1 Å². The summed E-state index contributed by atoms with van der Waals surface area (Å²) in [6.07, 6.45) is 3.24. The van der Waals surface area contributed by atoms with Gasteiger partial charge in [0.25, 0.3) is 0 Å². The van der Waals surface area contributed by atoms with Crippen molar-refractivity contribution in [1.29, 1.82) is 0 Å². The lowest BCUT2D eigenvalue weighted by Gasteiger charge is -2.64. The average Bonchev–Trinajstić information content (AvgIpc) is 3.66. The van der Waals surface area contributed by atoms with Gasteiger partial charge >= 0.3 is 6.18 Å². The van der Waals surface area contributed by atoms with Gasteiger partial charge in [-0.25, -0.2) is 0 Å². The molecule has 206 valence electrons. The first-order valence-electron chi connectivity index (χ1n) is 14.0. The minimum Gasteiger partial charge on any atom is -0.487 e. The van der Waals surface area contributed by atoms with Gasteiger partial charge in [-0.1, -0.05) is 24.3 Å². The van der Waals surface area contributed by atoms with E-state index >= 15 is 0 Å². The van der Waals surface area contributed by atoms with E-state index in [1.165, 1.54) is 36.6 Å². The summed E-state index contributed by atoms with van der Waals surface area (Å²) in [7, 11) is 1.74. The van der Waals surface area contributed by atoms with Crippen molar-refractivity contribution < 1.29 is 27.8 Å². The van der Waals surface area contributed by atoms with Crippen LogP contribution in [0, 0.1) is 5.92 Å². The van der Waals surface area contributed by atoms with Crippen molar-refractivity contribution in [1.82, 2.24) is 9.80 Å². The first-order valence-corrected chi connectivity index (χ1v) is 14.0. The van der Waals surface area contributed by atoms with Crippen LogP contribution in [0.4, 0.5) is 13.2 Å². The molecular weight excluding hydrogens is 505 g/mol. The highest BCUT2D eigenvalue weighted by molar-refractivity contribution is 5.92. The Labute approximate surface area is 226 Å². The molecule has 2 bridgehead atoms. The number of carbonyl (C=O) groups is 1. The Kier molecular flexibility index (Phi) is 5.53. The van der Waals surface area contributed by atoms with E-state index in [0.717, 1.165) is 55.3 Å². The molecule has 5 aliphatic rings. The summed E-state index contributed by atoms with van der Waals surface area (Å²) in [6.45, 7) is 1.93. The highest BCUT2D eigenvalue weighted by Crippen LogP contribution is 2.64. The van der Waals surface area contributed by atoms with E-state index < -0.39 is 22.8 Å². The maximum absolute atomic E-state index is 13.3. The summed E-state index contributed by atoms with van der Waals surface area (Å²) in [4.78, 5) is 17.5. The average molecular weight is 539 g/mol. The van der Waals surface area contributed by atoms with E-state index in [1.54, 1.807) is 18.0 Å². The summed E-state index contributed by atoms with van der Waals surface area (Å²) >= 11 is 0. The van der Waals surface area contributed by atoms with Crippen LogP contribution in [-0.2, 0) is 22.8 Å². The Morgan fingerprint density at radius 3 is 2.74 bits per heavy atom. The quantitative estimate of drug-likeness (QED) is 0.556. The molecule has 7 rings (SSSR count). The molecule has 3 aliphatic carbocycles. The molecule has 0 radical (unpaired) electrons. The molecule has 8 heteroatoms. The van der Waals surface area contributed by atoms with Crippen LogP contribution in [0.3, 0.4) is 0 Å². The van der Waals surface area contributed by atoms with Crippen LogP contribution >= 0.6 is 0 Å². The highest BCUT2D eigenvalue weighted by Gasteiger charge is 2.73. The molecule has 1 spiro atoms. The van der Waals surface area contributed by atoms with Gasteiger partial charge in [-0.2, -0.15) is 13.2 Å². The summed E-state index contributed by atoms with van der Waals surface area (Å²) in [5.74, 6) is 1.25. The van der Waals surface area contributed by atoms with Crippen LogP contribution in [0.1, 0.15) is 54.4 Å². The zero-order valence-electron chi connectivity index (χ0n) is 22.0. The topological polar surface area (TPSA) is 53.0 Å². The molecule has 1 saturated heterocycles. The summed E-state index contributed by atoms with van der Waals surface area (Å²) in [5, 5.41) is 12.6. The lowest BCUT2D eigenvalue weighted by Crippen LogP contribution is -2.78. The monoisotopic (exact) mass is 538 g/mol. The molecule has 1 amide bonds.